The molecular weight excluding hydrogens is 698 g/mol. The second-order valence-electron chi connectivity index (χ2n) is 9.50. The van der Waals surface area contributed by atoms with E-state index in [0.29, 0.717) is 14.6 Å². The fourth-order valence-electron chi connectivity index (χ4n) is 4.15. The highest BCUT2D eigenvalue weighted by molar-refractivity contribution is 14.1. The lowest BCUT2D eigenvalue weighted by Gasteiger charge is -2.04. The molecule has 46 heavy (non-hydrogen) atoms. The number of benzene rings is 4. The van der Waals surface area contributed by atoms with Crippen LogP contribution in [0.25, 0.3) is 33.6 Å². The van der Waals surface area contributed by atoms with Crippen molar-refractivity contribution in [2.75, 3.05) is 0 Å². The van der Waals surface area contributed by atoms with E-state index in [1.807, 2.05) is 95.4 Å². The van der Waals surface area contributed by atoms with Crippen LogP contribution in [0.1, 0.15) is 0 Å². The number of para-hydroxylation sites is 2. The molecule has 0 saturated heterocycles. The number of hydrogen-bond donors (Lipinski definition) is 2. The van der Waals surface area contributed by atoms with E-state index in [1.165, 1.54) is 18.3 Å². The minimum absolute atomic E-state index is 0.0896. The minimum atomic E-state index is -1.46. The molecule has 0 spiro atoms. The molecule has 228 valence electrons. The van der Waals surface area contributed by atoms with Gasteiger partial charge in [0.1, 0.15) is 0 Å². The lowest BCUT2D eigenvalue weighted by molar-refractivity contribution is -0.385. The van der Waals surface area contributed by atoms with E-state index in [1.54, 1.807) is 54.7 Å². The van der Waals surface area contributed by atoms with Gasteiger partial charge in [-0.3, -0.25) is 30.2 Å². The maximum absolute atomic E-state index is 11.1. The molecule has 2 heterocycles. The summed E-state index contributed by atoms with van der Waals surface area (Å²) >= 11 is 1.93. The Labute approximate surface area is 278 Å². The van der Waals surface area contributed by atoms with Crippen molar-refractivity contribution in [1.29, 1.82) is 0 Å². The van der Waals surface area contributed by atoms with E-state index in [9.17, 15) is 20.2 Å². The molecule has 2 N–H and O–H groups in total. The summed E-state index contributed by atoms with van der Waals surface area (Å²) in [5, 5.41) is 39.1. The van der Waals surface area contributed by atoms with Crippen LogP contribution in [-0.2, 0) is 0 Å². The molecule has 2 aromatic heterocycles. The summed E-state index contributed by atoms with van der Waals surface area (Å²) in [6.45, 7) is 0. The number of hydrogen-bond acceptors (Lipinski definition) is 8. The lowest BCUT2D eigenvalue weighted by Crippen LogP contribution is -2.29. The molecule has 12 heteroatoms. The van der Waals surface area contributed by atoms with Crippen LogP contribution < -0.4 is 5.46 Å². The van der Waals surface area contributed by atoms with E-state index < -0.39 is 7.12 Å². The van der Waals surface area contributed by atoms with Crippen molar-refractivity contribution in [3.05, 3.63) is 170 Å². The van der Waals surface area contributed by atoms with E-state index >= 15 is 0 Å². The van der Waals surface area contributed by atoms with Crippen molar-refractivity contribution in [1.82, 2.24) is 9.97 Å². The molecule has 10 nitrogen and oxygen atoms in total. The molecule has 0 aliphatic carbocycles. The first-order chi connectivity index (χ1) is 22.2. The van der Waals surface area contributed by atoms with Crippen LogP contribution in [0.3, 0.4) is 0 Å². The maximum atomic E-state index is 11.1. The molecule has 0 saturated carbocycles. The second kappa shape index (κ2) is 16.7. The van der Waals surface area contributed by atoms with Gasteiger partial charge in [-0.25, -0.2) is 0 Å². The van der Waals surface area contributed by atoms with Crippen molar-refractivity contribution in [3.63, 3.8) is 0 Å². The fraction of sp³-hybridized carbons (Fsp3) is 0. The van der Waals surface area contributed by atoms with Crippen LogP contribution in [0.15, 0.2) is 146 Å². The number of nitro benzene ring substituents is 2. The second-order valence-corrected chi connectivity index (χ2v) is 10.7. The molecule has 6 rings (SSSR count). The molecule has 0 unspecified atom stereocenters. The number of nitrogens with zero attached hydrogens (tertiary/aromatic N) is 4. The van der Waals surface area contributed by atoms with Gasteiger partial charge in [-0.15, -0.1) is 0 Å². The molecule has 0 radical (unpaired) electrons. The van der Waals surface area contributed by atoms with Crippen molar-refractivity contribution in [3.8, 4) is 33.6 Å². The topological polar surface area (TPSA) is 153 Å². The molecule has 6 aromatic rings. The average Bonchev–Trinajstić information content (AvgIpc) is 3.10. The van der Waals surface area contributed by atoms with Gasteiger partial charge in [0.2, 0.25) is 0 Å². The Morgan fingerprint density at radius 3 is 1.46 bits per heavy atom. The number of halogens is 1. The Balaban J connectivity index is 0.000000168. The van der Waals surface area contributed by atoms with Gasteiger partial charge in [-0.2, -0.15) is 0 Å². The Bertz CT molecular complexity index is 1880. The van der Waals surface area contributed by atoms with Gasteiger partial charge in [-0.1, -0.05) is 97.1 Å². The zero-order valence-corrected chi connectivity index (χ0v) is 26.3. The van der Waals surface area contributed by atoms with E-state index in [0.717, 1.165) is 28.1 Å². The highest BCUT2D eigenvalue weighted by Gasteiger charge is 2.14. The first kappa shape index (κ1) is 33.6. The zero-order valence-electron chi connectivity index (χ0n) is 24.1. The molecule has 0 aliphatic heterocycles. The third-order valence-corrected chi connectivity index (χ3v) is 7.36. The molecular formula is C34H26BIN4O6. The quantitative estimate of drug-likeness (QED) is 0.0811. The summed E-state index contributed by atoms with van der Waals surface area (Å²) in [6.07, 6.45) is 3.14. The molecule has 4 aromatic carbocycles. The Morgan fingerprint density at radius 1 is 0.543 bits per heavy atom. The summed E-state index contributed by atoms with van der Waals surface area (Å²) in [5.41, 5.74) is 5.67. The van der Waals surface area contributed by atoms with Crippen LogP contribution in [0.5, 0.6) is 0 Å². The van der Waals surface area contributed by atoms with Gasteiger partial charge < -0.3 is 10.0 Å². The highest BCUT2D eigenvalue weighted by atomic mass is 127. The van der Waals surface area contributed by atoms with E-state index in [2.05, 4.69) is 9.97 Å². The van der Waals surface area contributed by atoms with Crippen LogP contribution >= 0.6 is 22.6 Å². The molecule has 0 amide bonds. The van der Waals surface area contributed by atoms with Crippen molar-refractivity contribution < 1.29 is 19.9 Å². The first-order valence-corrected chi connectivity index (χ1v) is 14.8. The summed E-state index contributed by atoms with van der Waals surface area (Å²) in [5.74, 6) is 0. The van der Waals surface area contributed by atoms with Crippen LogP contribution in [0.2, 0.25) is 0 Å². The number of aromatic nitrogens is 2. The predicted octanol–water partition coefficient (Wildman–Crippen LogP) is 6.95. The lowest BCUT2D eigenvalue weighted by atomic mass is 9.81. The Morgan fingerprint density at radius 2 is 1.02 bits per heavy atom. The SMILES string of the molecule is O=[N+]([O-])c1ccccc1-c1ccc(-c2ccccc2)nc1.O=[N+]([O-])c1ccccc1I.OB(O)c1ccc(-c2ccccc2)nc1. The third kappa shape index (κ3) is 9.35. The van der Waals surface area contributed by atoms with Gasteiger partial charge in [0.25, 0.3) is 11.4 Å². The summed E-state index contributed by atoms with van der Waals surface area (Å²) in [6, 6.07) is 40.0. The third-order valence-electron chi connectivity index (χ3n) is 6.45. The van der Waals surface area contributed by atoms with Crippen LogP contribution in [0, 0.1) is 23.8 Å². The largest absolute Gasteiger partial charge is 0.490 e. The maximum Gasteiger partial charge on any atom is 0.490 e. The smallest absolute Gasteiger partial charge is 0.423 e. The Kier molecular flexibility index (Phi) is 12.2. The monoisotopic (exact) mass is 724 g/mol. The number of rotatable bonds is 6. The van der Waals surface area contributed by atoms with Gasteiger partial charge in [0, 0.05) is 46.7 Å². The molecule has 0 atom stereocenters. The van der Waals surface area contributed by atoms with E-state index in [4.69, 9.17) is 10.0 Å². The van der Waals surface area contributed by atoms with Gasteiger partial charge in [-0.05, 0) is 46.9 Å². The van der Waals surface area contributed by atoms with Crippen molar-refractivity contribution >= 4 is 46.5 Å². The van der Waals surface area contributed by atoms with E-state index in [-0.39, 0.29) is 21.2 Å². The van der Waals surface area contributed by atoms with Crippen molar-refractivity contribution in [2.24, 2.45) is 0 Å². The van der Waals surface area contributed by atoms with Gasteiger partial charge >= 0.3 is 7.12 Å². The summed E-state index contributed by atoms with van der Waals surface area (Å²) in [7, 11) is -1.46. The highest BCUT2D eigenvalue weighted by Crippen LogP contribution is 2.30. The summed E-state index contributed by atoms with van der Waals surface area (Å²) in [4.78, 5) is 29.1. The molecule has 0 aliphatic rings. The zero-order chi connectivity index (χ0) is 32.9. The number of pyridine rings is 2. The van der Waals surface area contributed by atoms with Crippen molar-refractivity contribution in [2.45, 2.75) is 0 Å². The Hall–Kier alpha value is -5.31. The standard InChI is InChI=1S/C17H12N2O2.C11H10BNO2.C6H4INO2/c20-19(21)17-9-5-4-8-15(17)14-10-11-16(18-12-14)13-6-2-1-3-7-13;14-12(15)10-6-7-11(13-8-10)9-4-2-1-3-5-9;7-5-3-1-2-4-6(5)8(9)10/h1-12H;1-8,14-15H;1-4H. The predicted molar refractivity (Wildman–Crippen MR) is 187 cm³/mol. The van der Waals surface area contributed by atoms with Crippen LogP contribution in [-0.4, -0.2) is 37.0 Å². The van der Waals surface area contributed by atoms with Gasteiger partial charge in [0.15, 0.2) is 0 Å². The van der Waals surface area contributed by atoms with Gasteiger partial charge in [0.05, 0.1) is 30.4 Å². The fourth-order valence-corrected chi connectivity index (χ4v) is 4.73. The first-order valence-electron chi connectivity index (χ1n) is 13.8. The number of nitro groups is 2. The molecule has 0 fully saturated rings. The van der Waals surface area contributed by atoms with Crippen LogP contribution in [0.4, 0.5) is 11.4 Å². The normalized spacial score (nSPS) is 9.98. The summed E-state index contributed by atoms with van der Waals surface area (Å²) < 4.78 is 0.671. The average molecular weight is 724 g/mol. The molecule has 0 bridgehead atoms. The minimum Gasteiger partial charge on any atom is -0.423 e.